The summed E-state index contributed by atoms with van der Waals surface area (Å²) in [5, 5.41) is 22.5. The van der Waals surface area contributed by atoms with Crippen LogP contribution in [0.3, 0.4) is 0 Å². The van der Waals surface area contributed by atoms with Crippen LogP contribution in [-0.2, 0) is 4.79 Å². The summed E-state index contributed by atoms with van der Waals surface area (Å²) in [5.41, 5.74) is -0.319. The van der Waals surface area contributed by atoms with E-state index in [4.69, 9.17) is 0 Å². The third-order valence-electron chi connectivity index (χ3n) is 4.11. The Morgan fingerprint density at radius 2 is 1.63 bits per heavy atom. The van der Waals surface area contributed by atoms with E-state index in [1.807, 2.05) is 24.5 Å². The molecule has 0 spiro atoms. The van der Waals surface area contributed by atoms with Gasteiger partial charge in [0.15, 0.2) is 6.29 Å². The van der Waals surface area contributed by atoms with E-state index in [-0.39, 0.29) is 12.1 Å². The lowest BCUT2D eigenvalue weighted by atomic mass is 10.0. The van der Waals surface area contributed by atoms with Crippen molar-refractivity contribution in [1.82, 2.24) is 0 Å². The van der Waals surface area contributed by atoms with E-state index in [1.165, 1.54) is 6.08 Å². The predicted octanol–water partition coefficient (Wildman–Crippen LogP) is 5.33. The lowest BCUT2D eigenvalue weighted by Crippen LogP contribution is -2.26. The van der Waals surface area contributed by atoms with Gasteiger partial charge < -0.3 is 0 Å². The molecular formula is C20H31N2O5. The molecule has 1 unspecified atom stereocenters. The first kappa shape index (κ1) is 24.7. The van der Waals surface area contributed by atoms with Crippen LogP contribution in [-0.4, -0.2) is 22.2 Å². The van der Waals surface area contributed by atoms with Crippen LogP contribution in [0.15, 0.2) is 36.1 Å². The van der Waals surface area contributed by atoms with Gasteiger partial charge in [0.25, 0.3) is 0 Å². The third kappa shape index (κ3) is 13.5. The van der Waals surface area contributed by atoms with Crippen molar-refractivity contribution < 1.29 is 14.6 Å². The number of rotatable bonds is 17. The van der Waals surface area contributed by atoms with Crippen LogP contribution in [0.4, 0.5) is 0 Å². The van der Waals surface area contributed by atoms with Crippen molar-refractivity contribution in [3.63, 3.8) is 0 Å². The molecule has 7 nitrogen and oxygen atoms in total. The van der Waals surface area contributed by atoms with Gasteiger partial charge in [0.1, 0.15) is 0 Å². The van der Waals surface area contributed by atoms with E-state index < -0.39 is 15.9 Å². The molecule has 0 aromatic rings. The summed E-state index contributed by atoms with van der Waals surface area (Å²) in [6.07, 6.45) is 18.6. The smallest absolute Gasteiger partial charge is 0.291 e. The second-order valence-electron chi connectivity index (χ2n) is 6.34. The van der Waals surface area contributed by atoms with Crippen LogP contribution in [0.5, 0.6) is 0 Å². The summed E-state index contributed by atoms with van der Waals surface area (Å²) in [6, 6.07) is -1.25. The van der Waals surface area contributed by atoms with Gasteiger partial charge in [-0.15, -0.1) is 0 Å². The molecule has 7 heteroatoms. The maximum Gasteiger partial charge on any atom is 0.315 e. The molecule has 0 bridgehead atoms. The second kappa shape index (κ2) is 17.1. The van der Waals surface area contributed by atoms with Gasteiger partial charge in [-0.1, -0.05) is 56.9 Å². The molecule has 0 amide bonds. The van der Waals surface area contributed by atoms with E-state index in [1.54, 1.807) is 6.08 Å². The van der Waals surface area contributed by atoms with Crippen LogP contribution in [0.2, 0.25) is 0 Å². The molecule has 1 radical (unpaired) electrons. The average molecular weight is 379 g/mol. The number of hydrogen-bond donors (Lipinski definition) is 0. The number of nitrogens with zero attached hydrogens (tertiary/aromatic N) is 2. The predicted molar refractivity (Wildman–Crippen MR) is 106 cm³/mol. The van der Waals surface area contributed by atoms with Crippen LogP contribution in [0, 0.1) is 20.2 Å². The zero-order valence-corrected chi connectivity index (χ0v) is 16.2. The first-order chi connectivity index (χ1) is 13.0. The Kier molecular flexibility index (Phi) is 15.7. The lowest BCUT2D eigenvalue weighted by molar-refractivity contribution is -0.556. The molecule has 0 aliphatic rings. The molecule has 0 N–H and O–H groups in total. The van der Waals surface area contributed by atoms with E-state index in [9.17, 15) is 25.0 Å². The van der Waals surface area contributed by atoms with Gasteiger partial charge in [0.2, 0.25) is 0 Å². The molecule has 0 aliphatic heterocycles. The Morgan fingerprint density at radius 3 is 2.26 bits per heavy atom. The van der Waals surface area contributed by atoms with E-state index in [0.29, 0.717) is 25.7 Å². The fourth-order valence-corrected chi connectivity index (χ4v) is 2.60. The van der Waals surface area contributed by atoms with Gasteiger partial charge in [-0.25, -0.2) is 0 Å². The van der Waals surface area contributed by atoms with Gasteiger partial charge in [0.05, 0.1) is 4.92 Å². The summed E-state index contributed by atoms with van der Waals surface area (Å²) < 4.78 is 0. The molecular weight excluding hydrogens is 348 g/mol. The number of unbranched alkanes of at least 4 members (excludes halogenated alkanes) is 6. The number of hydrogen-bond acceptors (Lipinski definition) is 5. The minimum Gasteiger partial charge on any atom is -0.291 e. The first-order valence-corrected chi connectivity index (χ1v) is 9.67. The third-order valence-corrected chi connectivity index (χ3v) is 4.11. The first-order valence-electron chi connectivity index (χ1n) is 9.67. The molecule has 27 heavy (non-hydrogen) atoms. The van der Waals surface area contributed by atoms with Gasteiger partial charge >= 0.3 is 11.7 Å². The zero-order chi connectivity index (χ0) is 20.3. The monoisotopic (exact) mass is 379 g/mol. The quantitative estimate of drug-likeness (QED) is 0.147. The molecule has 151 valence electrons. The highest BCUT2D eigenvalue weighted by molar-refractivity contribution is 5.50. The van der Waals surface area contributed by atoms with Crippen molar-refractivity contribution in [2.45, 2.75) is 83.6 Å². The van der Waals surface area contributed by atoms with Crippen LogP contribution >= 0.6 is 0 Å². The van der Waals surface area contributed by atoms with Crippen LogP contribution < -0.4 is 0 Å². The standard InChI is InChI=1S/C20H31N2O5/c1-2-3-4-10-13-16-19(21(24)25)20(22(26)27)17-14-11-8-6-5-7-9-12-15-18-23/h5,7-8,11,17,19H,2-4,6,9-10,12-16H2,1H3/b7-5-,11-8+,20-17+. The fourth-order valence-electron chi connectivity index (χ4n) is 2.60. The maximum atomic E-state index is 11.3. The van der Waals surface area contributed by atoms with Crippen molar-refractivity contribution in [1.29, 1.82) is 0 Å². The van der Waals surface area contributed by atoms with Crippen molar-refractivity contribution in [2.24, 2.45) is 0 Å². The summed E-state index contributed by atoms with van der Waals surface area (Å²) in [6.45, 7) is 2.09. The maximum absolute atomic E-state index is 11.3. The molecule has 0 saturated heterocycles. The number of allylic oxidation sites excluding steroid dienone is 5. The molecule has 0 saturated carbocycles. The topological polar surface area (TPSA) is 103 Å². The van der Waals surface area contributed by atoms with Crippen molar-refractivity contribution in [2.75, 3.05) is 0 Å². The molecule has 0 aromatic carbocycles. The van der Waals surface area contributed by atoms with Gasteiger partial charge in [-0.3, -0.25) is 25.0 Å². The highest BCUT2D eigenvalue weighted by Crippen LogP contribution is 2.17. The van der Waals surface area contributed by atoms with Crippen LogP contribution in [0.1, 0.15) is 77.6 Å². The fraction of sp³-hybridized carbons (Fsp3) is 0.650. The molecule has 0 aliphatic carbocycles. The summed E-state index contributed by atoms with van der Waals surface area (Å²) >= 11 is 0. The summed E-state index contributed by atoms with van der Waals surface area (Å²) in [7, 11) is 0. The largest absolute Gasteiger partial charge is 0.315 e. The minimum absolute atomic E-state index is 0.203. The highest BCUT2D eigenvalue weighted by atomic mass is 16.6. The molecule has 0 rings (SSSR count). The Balaban J connectivity index is 4.49. The number of carbonyl (C=O) groups excluding carboxylic acids is 1. The summed E-state index contributed by atoms with van der Waals surface area (Å²) in [5.74, 6) is 0. The van der Waals surface area contributed by atoms with Crippen molar-refractivity contribution in [3.05, 3.63) is 56.3 Å². The molecule has 0 heterocycles. The Labute approximate surface area is 161 Å². The van der Waals surface area contributed by atoms with E-state index in [2.05, 4.69) is 6.92 Å². The summed E-state index contributed by atoms with van der Waals surface area (Å²) in [4.78, 5) is 31.4. The highest BCUT2D eigenvalue weighted by Gasteiger charge is 2.34. The molecule has 1 atom stereocenters. The number of nitro groups is 2. The Hall–Kier alpha value is -2.31. The SMILES string of the molecule is CCCCCCCC(/C(=C\C/C=C/C/C=C\CCC[C]=O)[N+](=O)[O-])[N+](=O)[O-]. The average Bonchev–Trinajstić information content (AvgIpc) is 2.63. The lowest BCUT2D eigenvalue weighted by Gasteiger charge is -2.07. The van der Waals surface area contributed by atoms with Crippen LogP contribution in [0.25, 0.3) is 0 Å². The normalized spacial score (nSPS) is 13.3. The second-order valence-corrected chi connectivity index (χ2v) is 6.34. The minimum atomic E-state index is -1.25. The van der Waals surface area contributed by atoms with Crippen molar-refractivity contribution >= 4 is 6.29 Å². The molecule has 0 fully saturated rings. The van der Waals surface area contributed by atoms with Gasteiger partial charge in [0, 0.05) is 23.8 Å². The van der Waals surface area contributed by atoms with E-state index >= 15 is 0 Å². The molecule has 0 aromatic heterocycles. The van der Waals surface area contributed by atoms with Crippen molar-refractivity contribution in [3.8, 4) is 0 Å². The Bertz CT molecular complexity index is 526. The van der Waals surface area contributed by atoms with Gasteiger partial charge in [-0.2, -0.15) is 0 Å². The van der Waals surface area contributed by atoms with Gasteiger partial charge in [-0.05, 0) is 32.1 Å². The zero-order valence-electron chi connectivity index (χ0n) is 16.2. The van der Waals surface area contributed by atoms with E-state index in [0.717, 1.165) is 38.5 Å². The Morgan fingerprint density at radius 1 is 0.963 bits per heavy atom.